The second kappa shape index (κ2) is 8.50. The molecular formula is C22H23NO4. The fourth-order valence-electron chi connectivity index (χ4n) is 2.48. The van der Waals surface area contributed by atoms with Crippen LogP contribution in [0.3, 0.4) is 0 Å². The van der Waals surface area contributed by atoms with Gasteiger partial charge < -0.3 is 9.47 Å². The van der Waals surface area contributed by atoms with Crippen LogP contribution in [0.5, 0.6) is 5.75 Å². The predicted molar refractivity (Wildman–Crippen MR) is 102 cm³/mol. The zero-order valence-corrected chi connectivity index (χ0v) is 16.0. The van der Waals surface area contributed by atoms with Crippen molar-refractivity contribution in [2.24, 2.45) is 0 Å². The van der Waals surface area contributed by atoms with E-state index in [0.717, 1.165) is 5.56 Å². The van der Waals surface area contributed by atoms with Crippen LogP contribution in [0.15, 0.2) is 48.5 Å². The van der Waals surface area contributed by atoms with Crippen LogP contribution in [-0.4, -0.2) is 24.5 Å². The minimum absolute atomic E-state index is 0.00326. The maximum atomic E-state index is 12.5. The average molecular weight is 365 g/mol. The van der Waals surface area contributed by atoms with Gasteiger partial charge in [-0.1, -0.05) is 57.2 Å². The van der Waals surface area contributed by atoms with Crippen molar-refractivity contribution in [2.45, 2.75) is 39.2 Å². The molecule has 2 aromatic carbocycles. The minimum Gasteiger partial charge on any atom is -0.481 e. The molecule has 0 saturated carbocycles. The summed E-state index contributed by atoms with van der Waals surface area (Å²) in [5.74, 6) is -0.648. The number of hydrogen-bond donors (Lipinski definition) is 0. The first-order valence-corrected chi connectivity index (χ1v) is 8.68. The summed E-state index contributed by atoms with van der Waals surface area (Å²) < 4.78 is 10.5. The SMILES string of the molecule is C[C@@H](OC(=O)COc1ccccc1C#N)C(=O)c1ccc(C(C)(C)C)cc1. The number of carbonyl (C=O) groups excluding carboxylic acids is 2. The summed E-state index contributed by atoms with van der Waals surface area (Å²) in [7, 11) is 0. The molecule has 0 heterocycles. The normalized spacial score (nSPS) is 12.0. The summed E-state index contributed by atoms with van der Waals surface area (Å²) in [6.45, 7) is 7.44. The molecule has 2 rings (SSSR count). The monoisotopic (exact) mass is 365 g/mol. The molecule has 2 aromatic rings. The molecule has 0 radical (unpaired) electrons. The van der Waals surface area contributed by atoms with E-state index in [1.807, 2.05) is 18.2 Å². The molecule has 0 amide bonds. The second-order valence-electron chi connectivity index (χ2n) is 7.22. The van der Waals surface area contributed by atoms with E-state index in [0.29, 0.717) is 16.9 Å². The Kier molecular flexibility index (Phi) is 6.36. The van der Waals surface area contributed by atoms with E-state index in [2.05, 4.69) is 20.8 Å². The molecular weight excluding hydrogens is 342 g/mol. The van der Waals surface area contributed by atoms with Gasteiger partial charge in [-0.05, 0) is 30.0 Å². The van der Waals surface area contributed by atoms with E-state index < -0.39 is 12.1 Å². The Morgan fingerprint density at radius 3 is 2.30 bits per heavy atom. The highest BCUT2D eigenvalue weighted by Crippen LogP contribution is 2.22. The van der Waals surface area contributed by atoms with E-state index in [4.69, 9.17) is 14.7 Å². The molecule has 0 spiro atoms. The van der Waals surface area contributed by atoms with Crippen molar-refractivity contribution in [1.82, 2.24) is 0 Å². The molecule has 5 nitrogen and oxygen atoms in total. The van der Waals surface area contributed by atoms with Crippen molar-refractivity contribution in [3.8, 4) is 11.8 Å². The molecule has 27 heavy (non-hydrogen) atoms. The van der Waals surface area contributed by atoms with Crippen LogP contribution in [0, 0.1) is 11.3 Å². The van der Waals surface area contributed by atoms with Gasteiger partial charge in [-0.2, -0.15) is 5.26 Å². The Morgan fingerprint density at radius 2 is 1.70 bits per heavy atom. The number of Topliss-reactive ketones (excluding diaryl/α,β-unsaturated/α-hetero) is 1. The lowest BCUT2D eigenvalue weighted by molar-refractivity contribution is -0.148. The second-order valence-corrected chi connectivity index (χ2v) is 7.22. The Bertz CT molecular complexity index is 857. The topological polar surface area (TPSA) is 76.4 Å². The largest absolute Gasteiger partial charge is 0.481 e. The zero-order chi connectivity index (χ0) is 20.0. The molecule has 0 fully saturated rings. The van der Waals surface area contributed by atoms with E-state index >= 15 is 0 Å². The third kappa shape index (κ3) is 5.42. The summed E-state index contributed by atoms with van der Waals surface area (Å²) in [4.78, 5) is 24.4. The van der Waals surface area contributed by atoms with Crippen molar-refractivity contribution < 1.29 is 19.1 Å². The first kappa shape index (κ1) is 20.2. The quantitative estimate of drug-likeness (QED) is 0.570. The lowest BCUT2D eigenvalue weighted by Gasteiger charge is -2.19. The predicted octanol–water partition coefficient (Wildman–Crippen LogP) is 4.05. The molecule has 0 bridgehead atoms. The van der Waals surface area contributed by atoms with E-state index in [-0.39, 0.29) is 17.8 Å². The Morgan fingerprint density at radius 1 is 1.07 bits per heavy atom. The maximum absolute atomic E-state index is 12.5. The number of rotatable bonds is 6. The van der Waals surface area contributed by atoms with E-state index in [1.165, 1.54) is 6.92 Å². The van der Waals surface area contributed by atoms with E-state index in [9.17, 15) is 9.59 Å². The van der Waals surface area contributed by atoms with E-state index in [1.54, 1.807) is 36.4 Å². The van der Waals surface area contributed by atoms with Gasteiger partial charge in [0.2, 0.25) is 5.78 Å². The number of hydrogen-bond acceptors (Lipinski definition) is 5. The van der Waals surface area contributed by atoms with Crippen LogP contribution in [-0.2, 0) is 14.9 Å². The maximum Gasteiger partial charge on any atom is 0.344 e. The van der Waals surface area contributed by atoms with Gasteiger partial charge in [0.15, 0.2) is 12.7 Å². The standard InChI is InChI=1S/C22H23NO4/c1-15(21(25)16-9-11-18(12-10-16)22(2,3)4)27-20(24)14-26-19-8-6-5-7-17(19)13-23/h5-12,15H,14H2,1-4H3/t15-/m1/s1. The van der Waals surface area contributed by atoms with Gasteiger partial charge in [0.05, 0.1) is 5.56 Å². The molecule has 140 valence electrons. The van der Waals surface area contributed by atoms with Crippen LogP contribution < -0.4 is 4.74 Å². The molecule has 0 aliphatic rings. The van der Waals surface area contributed by atoms with Crippen LogP contribution >= 0.6 is 0 Å². The molecule has 0 aliphatic heterocycles. The smallest absolute Gasteiger partial charge is 0.344 e. The summed E-state index contributed by atoms with van der Waals surface area (Å²) in [6, 6.07) is 15.9. The lowest BCUT2D eigenvalue weighted by Crippen LogP contribution is -2.27. The number of para-hydroxylation sites is 1. The number of benzene rings is 2. The minimum atomic E-state index is -0.923. The van der Waals surface area contributed by atoms with Crippen LogP contribution in [0.25, 0.3) is 0 Å². The average Bonchev–Trinajstić information content (AvgIpc) is 2.65. The number of nitrogens with zero attached hydrogens (tertiary/aromatic N) is 1. The van der Waals surface area contributed by atoms with Gasteiger partial charge in [0, 0.05) is 5.56 Å². The first-order chi connectivity index (χ1) is 12.7. The van der Waals surface area contributed by atoms with Gasteiger partial charge in [-0.25, -0.2) is 4.79 Å². The molecule has 0 N–H and O–H groups in total. The Hall–Kier alpha value is -3.13. The van der Waals surface area contributed by atoms with Crippen LogP contribution in [0.4, 0.5) is 0 Å². The Balaban J connectivity index is 1.93. The summed E-state index contributed by atoms with van der Waals surface area (Å²) in [5, 5.41) is 9.01. The molecule has 0 aliphatic carbocycles. The number of carbonyl (C=O) groups is 2. The van der Waals surface area contributed by atoms with Gasteiger partial charge in [-0.3, -0.25) is 4.79 Å². The first-order valence-electron chi connectivity index (χ1n) is 8.68. The lowest BCUT2D eigenvalue weighted by atomic mass is 9.86. The van der Waals surface area contributed by atoms with Crippen molar-refractivity contribution in [3.63, 3.8) is 0 Å². The summed E-state index contributed by atoms with van der Waals surface area (Å²) in [6.07, 6.45) is -0.923. The summed E-state index contributed by atoms with van der Waals surface area (Å²) >= 11 is 0. The summed E-state index contributed by atoms with van der Waals surface area (Å²) in [5.41, 5.74) is 1.93. The van der Waals surface area contributed by atoms with Gasteiger partial charge in [0.1, 0.15) is 11.8 Å². The number of ketones is 1. The Labute approximate surface area is 159 Å². The van der Waals surface area contributed by atoms with Crippen molar-refractivity contribution in [1.29, 1.82) is 5.26 Å². The van der Waals surface area contributed by atoms with Gasteiger partial charge in [-0.15, -0.1) is 0 Å². The molecule has 1 atom stereocenters. The van der Waals surface area contributed by atoms with Crippen molar-refractivity contribution >= 4 is 11.8 Å². The highest BCUT2D eigenvalue weighted by molar-refractivity contribution is 6.00. The fraction of sp³-hybridized carbons (Fsp3) is 0.318. The highest BCUT2D eigenvalue weighted by atomic mass is 16.6. The van der Waals surface area contributed by atoms with Gasteiger partial charge in [0.25, 0.3) is 0 Å². The number of ether oxygens (including phenoxy) is 2. The third-order valence-corrected chi connectivity index (χ3v) is 4.07. The third-order valence-electron chi connectivity index (χ3n) is 4.07. The van der Waals surface area contributed by atoms with Crippen molar-refractivity contribution in [2.75, 3.05) is 6.61 Å². The molecule has 0 saturated heterocycles. The molecule has 0 aromatic heterocycles. The highest BCUT2D eigenvalue weighted by Gasteiger charge is 2.21. The van der Waals surface area contributed by atoms with Crippen molar-refractivity contribution in [3.05, 3.63) is 65.2 Å². The number of esters is 1. The molecule has 0 unspecified atom stereocenters. The van der Waals surface area contributed by atoms with Crippen LogP contribution in [0.1, 0.15) is 49.2 Å². The number of nitriles is 1. The molecule has 5 heteroatoms. The fourth-order valence-corrected chi connectivity index (χ4v) is 2.48. The zero-order valence-electron chi connectivity index (χ0n) is 16.0. The van der Waals surface area contributed by atoms with Gasteiger partial charge >= 0.3 is 5.97 Å². The van der Waals surface area contributed by atoms with Crippen LogP contribution in [0.2, 0.25) is 0 Å².